The second-order valence-electron chi connectivity index (χ2n) is 3.06. The van der Waals surface area contributed by atoms with Crippen molar-refractivity contribution in [2.24, 2.45) is 0 Å². The van der Waals surface area contributed by atoms with Gasteiger partial charge in [-0.3, -0.25) is 10.1 Å². The number of nitro groups is 1. The van der Waals surface area contributed by atoms with Gasteiger partial charge < -0.3 is 9.47 Å². The van der Waals surface area contributed by atoms with Crippen LogP contribution >= 0.6 is 0 Å². The second-order valence-corrected chi connectivity index (χ2v) is 3.06. The molecule has 6 heteroatoms. The highest BCUT2D eigenvalue weighted by molar-refractivity contribution is 5.96. The maximum atomic E-state index is 11.4. The van der Waals surface area contributed by atoms with Crippen LogP contribution in [0.3, 0.4) is 0 Å². The zero-order chi connectivity index (χ0) is 12.3. The first-order valence-electron chi connectivity index (χ1n) is 4.43. The van der Waals surface area contributed by atoms with E-state index >= 15 is 0 Å². The van der Waals surface area contributed by atoms with Gasteiger partial charge in [0.25, 0.3) is 0 Å². The van der Waals surface area contributed by atoms with Gasteiger partial charge in [-0.15, -0.1) is 0 Å². The van der Waals surface area contributed by atoms with Crippen LogP contribution in [-0.4, -0.2) is 25.1 Å². The number of benzene rings is 1. The van der Waals surface area contributed by atoms with E-state index in [-0.39, 0.29) is 17.0 Å². The van der Waals surface area contributed by atoms with Gasteiger partial charge in [0.05, 0.1) is 19.1 Å². The molecule has 0 fully saturated rings. The Hall–Kier alpha value is -2.11. The summed E-state index contributed by atoms with van der Waals surface area (Å²) in [6, 6.07) is 3.01. The minimum absolute atomic E-state index is 0.0380. The van der Waals surface area contributed by atoms with E-state index in [0.29, 0.717) is 5.56 Å². The Balaban J connectivity index is 3.54. The molecule has 0 atom stereocenters. The van der Waals surface area contributed by atoms with Crippen molar-refractivity contribution in [2.45, 2.75) is 6.92 Å². The third kappa shape index (κ3) is 1.95. The van der Waals surface area contributed by atoms with Crippen molar-refractivity contribution in [2.75, 3.05) is 14.2 Å². The number of nitro benzene ring substituents is 1. The summed E-state index contributed by atoms with van der Waals surface area (Å²) in [5, 5.41) is 10.9. The molecular formula is C10H11NO5. The van der Waals surface area contributed by atoms with Crippen LogP contribution in [0.15, 0.2) is 12.1 Å². The summed E-state index contributed by atoms with van der Waals surface area (Å²) < 4.78 is 9.36. The number of esters is 1. The predicted molar refractivity (Wildman–Crippen MR) is 55.7 cm³/mol. The highest BCUT2D eigenvalue weighted by atomic mass is 16.6. The van der Waals surface area contributed by atoms with Crippen molar-refractivity contribution in [3.63, 3.8) is 0 Å². The maximum Gasteiger partial charge on any atom is 0.345 e. The molecule has 0 amide bonds. The topological polar surface area (TPSA) is 78.7 Å². The highest BCUT2D eigenvalue weighted by Crippen LogP contribution is 2.33. The molecule has 0 N–H and O–H groups in total. The van der Waals surface area contributed by atoms with Crippen molar-refractivity contribution in [1.82, 2.24) is 0 Å². The van der Waals surface area contributed by atoms with Crippen molar-refractivity contribution >= 4 is 11.7 Å². The molecule has 1 aromatic rings. The lowest BCUT2D eigenvalue weighted by atomic mass is 10.1. The van der Waals surface area contributed by atoms with Gasteiger partial charge in [-0.2, -0.15) is 0 Å². The SMILES string of the molecule is COC(=O)c1c(C)ccc(OC)c1[N+](=O)[O-]. The van der Waals surface area contributed by atoms with Crippen molar-refractivity contribution < 1.29 is 19.2 Å². The Morgan fingerprint density at radius 1 is 1.38 bits per heavy atom. The van der Waals surface area contributed by atoms with Crippen LogP contribution in [0.4, 0.5) is 5.69 Å². The van der Waals surface area contributed by atoms with Crippen LogP contribution in [-0.2, 0) is 4.74 Å². The van der Waals surface area contributed by atoms with Gasteiger partial charge in [0, 0.05) is 0 Å². The molecule has 16 heavy (non-hydrogen) atoms. The van der Waals surface area contributed by atoms with E-state index in [1.165, 1.54) is 20.3 Å². The molecule has 6 nitrogen and oxygen atoms in total. The number of methoxy groups -OCH3 is 2. The third-order valence-corrected chi connectivity index (χ3v) is 2.14. The quantitative estimate of drug-likeness (QED) is 0.444. The Bertz CT molecular complexity index is 441. The fraction of sp³-hybridized carbons (Fsp3) is 0.300. The van der Waals surface area contributed by atoms with Crippen LogP contribution in [0.2, 0.25) is 0 Å². The second kappa shape index (κ2) is 4.61. The number of ether oxygens (including phenoxy) is 2. The van der Waals surface area contributed by atoms with E-state index in [1.54, 1.807) is 13.0 Å². The van der Waals surface area contributed by atoms with E-state index in [4.69, 9.17) is 4.74 Å². The van der Waals surface area contributed by atoms with Crippen LogP contribution in [0.5, 0.6) is 5.75 Å². The smallest absolute Gasteiger partial charge is 0.345 e. The van der Waals surface area contributed by atoms with Crippen molar-refractivity contribution in [3.05, 3.63) is 33.4 Å². The summed E-state index contributed by atoms with van der Waals surface area (Å²) in [5.74, 6) is -0.709. The Kier molecular flexibility index (Phi) is 3.44. The van der Waals surface area contributed by atoms with Gasteiger partial charge in [-0.1, -0.05) is 6.07 Å². The third-order valence-electron chi connectivity index (χ3n) is 2.14. The maximum absolute atomic E-state index is 11.4. The average molecular weight is 225 g/mol. The number of hydrogen-bond donors (Lipinski definition) is 0. The van der Waals surface area contributed by atoms with E-state index < -0.39 is 10.9 Å². The van der Waals surface area contributed by atoms with Gasteiger partial charge in [-0.05, 0) is 18.6 Å². The summed E-state index contributed by atoms with van der Waals surface area (Å²) >= 11 is 0. The van der Waals surface area contributed by atoms with Crippen molar-refractivity contribution in [3.8, 4) is 5.75 Å². The van der Waals surface area contributed by atoms with E-state index in [9.17, 15) is 14.9 Å². The summed E-state index contributed by atoms with van der Waals surface area (Å²) in [4.78, 5) is 21.7. The normalized spacial score (nSPS) is 9.69. The first-order chi connectivity index (χ1) is 7.52. The minimum atomic E-state index is -0.747. The van der Waals surface area contributed by atoms with Crippen LogP contribution in [0.25, 0.3) is 0 Å². The molecule has 0 aromatic heterocycles. The van der Waals surface area contributed by atoms with Crippen molar-refractivity contribution in [1.29, 1.82) is 0 Å². The summed E-state index contributed by atoms with van der Waals surface area (Å²) in [6.45, 7) is 1.60. The van der Waals surface area contributed by atoms with Gasteiger partial charge in [0.15, 0.2) is 5.75 Å². The molecule has 0 aliphatic heterocycles. The average Bonchev–Trinajstić information content (AvgIpc) is 2.27. The number of aryl methyl sites for hydroxylation is 1. The van der Waals surface area contributed by atoms with E-state index in [0.717, 1.165) is 0 Å². The predicted octanol–water partition coefficient (Wildman–Crippen LogP) is 1.70. The molecule has 0 aliphatic carbocycles. The molecule has 0 aliphatic rings. The molecule has 0 heterocycles. The zero-order valence-corrected chi connectivity index (χ0v) is 9.14. The number of carbonyl (C=O) groups excluding carboxylic acids is 1. The molecule has 0 saturated carbocycles. The zero-order valence-electron chi connectivity index (χ0n) is 9.14. The molecule has 0 saturated heterocycles. The van der Waals surface area contributed by atoms with Crippen LogP contribution < -0.4 is 4.74 Å². The molecule has 1 rings (SSSR count). The van der Waals surface area contributed by atoms with Crippen LogP contribution in [0.1, 0.15) is 15.9 Å². The largest absolute Gasteiger partial charge is 0.490 e. The van der Waals surface area contributed by atoms with Gasteiger partial charge in [0.2, 0.25) is 0 Å². The molecule has 86 valence electrons. The van der Waals surface area contributed by atoms with Gasteiger partial charge >= 0.3 is 11.7 Å². The van der Waals surface area contributed by atoms with Crippen LogP contribution in [0, 0.1) is 17.0 Å². The lowest BCUT2D eigenvalue weighted by Crippen LogP contribution is -2.09. The molecular weight excluding hydrogens is 214 g/mol. The number of rotatable bonds is 3. The molecule has 0 unspecified atom stereocenters. The Labute approximate surface area is 91.9 Å². The summed E-state index contributed by atoms with van der Waals surface area (Å²) in [5.41, 5.74) is 0.0283. The van der Waals surface area contributed by atoms with E-state index in [2.05, 4.69) is 4.74 Å². The fourth-order valence-electron chi connectivity index (χ4n) is 1.38. The molecule has 0 spiro atoms. The lowest BCUT2D eigenvalue weighted by molar-refractivity contribution is -0.386. The standard InChI is InChI=1S/C10H11NO5/c1-6-4-5-7(15-2)9(11(13)14)8(6)10(12)16-3/h4-5H,1-3H3. The van der Waals surface area contributed by atoms with Gasteiger partial charge in [0.1, 0.15) is 5.56 Å². The minimum Gasteiger partial charge on any atom is -0.490 e. The first-order valence-corrected chi connectivity index (χ1v) is 4.43. The monoisotopic (exact) mass is 225 g/mol. The Morgan fingerprint density at radius 2 is 2.00 bits per heavy atom. The van der Waals surface area contributed by atoms with Gasteiger partial charge in [-0.25, -0.2) is 4.79 Å². The molecule has 0 bridgehead atoms. The molecule has 1 aromatic carbocycles. The number of nitrogens with zero attached hydrogens (tertiary/aromatic N) is 1. The summed E-state index contributed by atoms with van der Waals surface area (Å²) in [7, 11) is 2.48. The number of hydrogen-bond acceptors (Lipinski definition) is 5. The fourth-order valence-corrected chi connectivity index (χ4v) is 1.38. The highest BCUT2D eigenvalue weighted by Gasteiger charge is 2.28. The van der Waals surface area contributed by atoms with E-state index in [1.807, 2.05) is 0 Å². The lowest BCUT2D eigenvalue weighted by Gasteiger charge is -2.08. The first kappa shape index (κ1) is 12.0. The Morgan fingerprint density at radius 3 is 2.44 bits per heavy atom. The number of carbonyl (C=O) groups is 1. The molecule has 0 radical (unpaired) electrons. The summed E-state index contributed by atoms with van der Waals surface area (Å²) in [6.07, 6.45) is 0.